The van der Waals surface area contributed by atoms with E-state index in [2.05, 4.69) is 34.9 Å². The second kappa shape index (κ2) is 12.7. The molecule has 5 heteroatoms. The van der Waals surface area contributed by atoms with Gasteiger partial charge in [-0.2, -0.15) is 0 Å². The van der Waals surface area contributed by atoms with Crippen molar-refractivity contribution in [2.24, 2.45) is 11.3 Å². The third-order valence-electron chi connectivity index (χ3n) is 8.19. The number of rotatable bonds is 6. The molecule has 2 saturated carbocycles. The van der Waals surface area contributed by atoms with E-state index in [9.17, 15) is 0 Å². The fourth-order valence-electron chi connectivity index (χ4n) is 5.72. The zero-order chi connectivity index (χ0) is 24.5. The van der Waals surface area contributed by atoms with Crippen LogP contribution in [0, 0.1) is 11.3 Å². The molecule has 0 bridgehead atoms. The van der Waals surface area contributed by atoms with E-state index in [1.807, 2.05) is 18.5 Å². The molecule has 2 fully saturated rings. The number of hydrogen-bond donors (Lipinski definition) is 0. The molecule has 0 aromatic carbocycles. The molecule has 2 aliphatic rings. The van der Waals surface area contributed by atoms with Crippen molar-refractivity contribution in [1.29, 1.82) is 0 Å². The molecule has 0 aliphatic heterocycles. The fraction of sp³-hybridized carbons (Fsp3) is 0.700. The van der Waals surface area contributed by atoms with E-state index in [4.69, 9.17) is 9.47 Å². The first kappa shape index (κ1) is 25.9. The van der Waals surface area contributed by atoms with Crippen molar-refractivity contribution in [2.45, 2.75) is 109 Å². The van der Waals surface area contributed by atoms with E-state index in [1.165, 1.54) is 82.6 Å². The largest absolute Gasteiger partial charge is 0.495 e. The summed E-state index contributed by atoms with van der Waals surface area (Å²) in [5.41, 5.74) is 2.88. The molecule has 0 radical (unpaired) electrons. The molecule has 192 valence electrons. The summed E-state index contributed by atoms with van der Waals surface area (Å²) in [6.07, 6.45) is 22.4. The molecule has 2 aliphatic carbocycles. The molecule has 2 atom stereocenters. The van der Waals surface area contributed by atoms with Gasteiger partial charge in [0.05, 0.1) is 19.9 Å². The highest BCUT2D eigenvalue weighted by Gasteiger charge is 2.40. The summed E-state index contributed by atoms with van der Waals surface area (Å²) in [4.78, 5) is 13.6. The highest BCUT2D eigenvalue weighted by molar-refractivity contribution is 5.28. The van der Waals surface area contributed by atoms with Gasteiger partial charge in [-0.15, -0.1) is 0 Å². The van der Waals surface area contributed by atoms with E-state index in [1.54, 1.807) is 13.4 Å². The molecule has 2 unspecified atom stereocenters. The fourth-order valence-corrected chi connectivity index (χ4v) is 5.72. The second-order valence-corrected chi connectivity index (χ2v) is 11.6. The maximum absolute atomic E-state index is 6.34. The van der Waals surface area contributed by atoms with Gasteiger partial charge >= 0.3 is 0 Å². The van der Waals surface area contributed by atoms with Gasteiger partial charge < -0.3 is 9.47 Å². The quantitative estimate of drug-likeness (QED) is 0.422. The molecule has 2 heterocycles. The smallest absolute Gasteiger partial charge is 0.219 e. The predicted octanol–water partition coefficient (Wildman–Crippen LogP) is 7.87. The summed E-state index contributed by atoms with van der Waals surface area (Å²) in [7, 11) is 1.68. The van der Waals surface area contributed by atoms with Gasteiger partial charge in [0.25, 0.3) is 0 Å². The van der Waals surface area contributed by atoms with Crippen LogP contribution in [0.3, 0.4) is 0 Å². The van der Waals surface area contributed by atoms with Gasteiger partial charge in [0.15, 0.2) is 0 Å². The van der Waals surface area contributed by atoms with Crippen molar-refractivity contribution in [2.75, 3.05) is 13.7 Å². The van der Waals surface area contributed by atoms with E-state index in [0.29, 0.717) is 29.8 Å². The lowest BCUT2D eigenvalue weighted by Gasteiger charge is -2.25. The molecule has 0 N–H and O–H groups in total. The highest BCUT2D eigenvalue weighted by Crippen LogP contribution is 2.47. The number of hydrogen-bond acceptors (Lipinski definition) is 5. The molecule has 0 saturated heterocycles. The Bertz CT molecular complexity index is 881. The Morgan fingerprint density at radius 3 is 2.26 bits per heavy atom. The van der Waals surface area contributed by atoms with E-state index >= 15 is 0 Å². The summed E-state index contributed by atoms with van der Waals surface area (Å²) in [5.74, 6) is 3.10. The maximum atomic E-state index is 6.34. The van der Waals surface area contributed by atoms with Crippen LogP contribution in [0.5, 0.6) is 11.6 Å². The number of pyridine rings is 1. The number of methoxy groups -OCH3 is 1. The SMILES string of the molecule is COc1ccc(C2CC2COc2ncncc2C2CCCCCCC(C)(C)CCCCCC2)nc1. The molecule has 4 rings (SSSR count). The van der Waals surface area contributed by atoms with Crippen molar-refractivity contribution in [3.8, 4) is 11.6 Å². The molecule has 5 nitrogen and oxygen atoms in total. The molecule has 2 aromatic heterocycles. The monoisotopic (exact) mass is 479 g/mol. The summed E-state index contributed by atoms with van der Waals surface area (Å²) >= 11 is 0. The average Bonchev–Trinajstić information content (AvgIpc) is 3.65. The minimum absolute atomic E-state index is 0.477. The second-order valence-electron chi connectivity index (χ2n) is 11.6. The topological polar surface area (TPSA) is 57.1 Å². The number of ether oxygens (including phenoxy) is 2. The number of nitrogens with zero attached hydrogens (tertiary/aromatic N) is 3. The van der Waals surface area contributed by atoms with Crippen LogP contribution in [0.4, 0.5) is 0 Å². The summed E-state index contributed by atoms with van der Waals surface area (Å²) in [6, 6.07) is 4.07. The van der Waals surface area contributed by atoms with Crippen LogP contribution in [-0.4, -0.2) is 28.7 Å². The van der Waals surface area contributed by atoms with Crippen LogP contribution < -0.4 is 9.47 Å². The Hall–Kier alpha value is -2.17. The van der Waals surface area contributed by atoms with Crippen molar-refractivity contribution >= 4 is 0 Å². The van der Waals surface area contributed by atoms with Crippen LogP contribution in [0.2, 0.25) is 0 Å². The Morgan fingerprint density at radius 1 is 0.886 bits per heavy atom. The lowest BCUT2D eigenvalue weighted by molar-refractivity contribution is 0.274. The highest BCUT2D eigenvalue weighted by atomic mass is 16.5. The lowest BCUT2D eigenvalue weighted by atomic mass is 9.81. The normalized spacial score (nSPS) is 24.3. The molecular weight excluding hydrogens is 434 g/mol. The molecular formula is C30H45N3O2. The van der Waals surface area contributed by atoms with Gasteiger partial charge in [0.1, 0.15) is 12.1 Å². The first-order valence-corrected chi connectivity index (χ1v) is 14.0. The Kier molecular flexibility index (Phi) is 9.39. The minimum atomic E-state index is 0.477. The Labute approximate surface area is 212 Å². The average molecular weight is 480 g/mol. The number of aromatic nitrogens is 3. The van der Waals surface area contributed by atoms with Gasteiger partial charge in [-0.1, -0.05) is 65.2 Å². The van der Waals surface area contributed by atoms with Crippen LogP contribution in [0.25, 0.3) is 0 Å². The van der Waals surface area contributed by atoms with E-state index in [0.717, 1.165) is 23.7 Å². The predicted molar refractivity (Wildman–Crippen MR) is 141 cm³/mol. The van der Waals surface area contributed by atoms with Gasteiger partial charge in [-0.3, -0.25) is 4.98 Å². The lowest BCUT2D eigenvalue weighted by Crippen LogP contribution is -2.11. The zero-order valence-electron chi connectivity index (χ0n) is 22.2. The van der Waals surface area contributed by atoms with E-state index in [-0.39, 0.29) is 0 Å². The van der Waals surface area contributed by atoms with Crippen molar-refractivity contribution < 1.29 is 9.47 Å². The Balaban J connectivity index is 1.33. The summed E-state index contributed by atoms with van der Waals surface area (Å²) in [5, 5.41) is 0. The van der Waals surface area contributed by atoms with Gasteiger partial charge in [0.2, 0.25) is 5.88 Å². The van der Waals surface area contributed by atoms with Crippen LogP contribution in [0.1, 0.15) is 120 Å². The van der Waals surface area contributed by atoms with Gasteiger partial charge in [-0.25, -0.2) is 9.97 Å². The Morgan fingerprint density at radius 2 is 1.60 bits per heavy atom. The third kappa shape index (κ3) is 7.91. The van der Waals surface area contributed by atoms with Gasteiger partial charge in [0, 0.05) is 29.3 Å². The van der Waals surface area contributed by atoms with Gasteiger partial charge in [-0.05, 0) is 55.6 Å². The van der Waals surface area contributed by atoms with Crippen molar-refractivity contribution in [3.05, 3.63) is 42.1 Å². The maximum Gasteiger partial charge on any atom is 0.219 e. The zero-order valence-corrected chi connectivity index (χ0v) is 22.2. The first-order valence-electron chi connectivity index (χ1n) is 14.0. The molecule has 0 amide bonds. The van der Waals surface area contributed by atoms with Crippen molar-refractivity contribution in [3.63, 3.8) is 0 Å². The molecule has 35 heavy (non-hydrogen) atoms. The first-order chi connectivity index (χ1) is 17.1. The standard InChI is InChI=1S/C30H45N3O2/c1-30(2)16-10-6-4-8-12-23(13-9-5-7-11-17-30)27-20-31-22-33-29(27)35-21-24-18-26(24)28-15-14-25(34-3)19-32-28/h14-15,19-20,22-24,26H,4-13,16-18,21H2,1-3H3. The summed E-state index contributed by atoms with van der Waals surface area (Å²) in [6.45, 7) is 5.62. The van der Waals surface area contributed by atoms with E-state index < -0.39 is 0 Å². The van der Waals surface area contributed by atoms with Crippen LogP contribution >= 0.6 is 0 Å². The van der Waals surface area contributed by atoms with Crippen molar-refractivity contribution in [1.82, 2.24) is 15.0 Å². The van der Waals surface area contributed by atoms with Crippen LogP contribution in [0.15, 0.2) is 30.9 Å². The minimum Gasteiger partial charge on any atom is -0.495 e. The summed E-state index contributed by atoms with van der Waals surface area (Å²) < 4.78 is 11.6. The molecule has 0 spiro atoms. The van der Waals surface area contributed by atoms with Crippen LogP contribution in [-0.2, 0) is 0 Å². The molecule has 2 aromatic rings. The third-order valence-corrected chi connectivity index (χ3v) is 8.19.